The van der Waals surface area contributed by atoms with Crippen LogP contribution < -0.4 is 5.32 Å². The second kappa shape index (κ2) is 25.9. The fourth-order valence-corrected chi connectivity index (χ4v) is 6.46. The molecular weight excluding hydrogens is 596 g/mol. The summed E-state index contributed by atoms with van der Waals surface area (Å²) >= 11 is 1.94. The van der Waals surface area contributed by atoms with Gasteiger partial charge in [-0.25, -0.2) is 0 Å². The average Bonchev–Trinajstić information content (AvgIpc) is 3.58. The highest BCUT2D eigenvalue weighted by atomic mass is 32.2. The number of fused-ring (bicyclic) bond motifs is 1. The van der Waals surface area contributed by atoms with Gasteiger partial charge in [0.15, 0.2) is 0 Å². The number of ether oxygens (including phenoxy) is 6. The Morgan fingerprint density at radius 1 is 0.795 bits per heavy atom. The average molecular weight is 645 g/mol. The van der Waals surface area contributed by atoms with Crippen LogP contribution in [0.25, 0.3) is 20.9 Å². The van der Waals surface area contributed by atoms with E-state index in [9.17, 15) is 9.59 Å². The van der Waals surface area contributed by atoms with E-state index in [4.69, 9.17) is 39.5 Å². The fourth-order valence-electron chi connectivity index (χ4n) is 4.81. The molecule has 0 aromatic heterocycles. The SMILES string of the molecule is [N-]=[N+]=NCCOCCOCCOCCN(CCOCCOCCOCCN=[N+]=[N-])C(=O)CCCCC1SCC2NC(=O)CC21. The molecule has 1 N–H and O–H groups in total. The van der Waals surface area contributed by atoms with Crippen LogP contribution in [0.1, 0.15) is 32.1 Å². The Kier molecular flexibility index (Phi) is 22.3. The number of azide groups is 2. The first-order valence-corrected chi connectivity index (χ1v) is 16.4. The summed E-state index contributed by atoms with van der Waals surface area (Å²) in [7, 11) is 0. The zero-order valence-corrected chi connectivity index (χ0v) is 26.4. The topological polar surface area (TPSA) is 202 Å². The van der Waals surface area contributed by atoms with E-state index < -0.39 is 0 Å². The van der Waals surface area contributed by atoms with E-state index >= 15 is 0 Å². The maximum absolute atomic E-state index is 13.1. The molecule has 3 atom stereocenters. The molecule has 0 bridgehead atoms. The normalized spacial score (nSPS) is 18.8. The van der Waals surface area contributed by atoms with Crippen LogP contribution in [0.3, 0.4) is 0 Å². The van der Waals surface area contributed by atoms with Gasteiger partial charge in [0.2, 0.25) is 11.8 Å². The quantitative estimate of drug-likeness (QED) is 0.0550. The zero-order chi connectivity index (χ0) is 31.5. The first kappa shape index (κ1) is 37.9. The molecule has 2 heterocycles. The van der Waals surface area contributed by atoms with Gasteiger partial charge in [0.1, 0.15) is 0 Å². The third kappa shape index (κ3) is 17.8. The summed E-state index contributed by atoms with van der Waals surface area (Å²) in [5.41, 5.74) is 16.4. The fraction of sp³-hybridized carbons (Fsp3) is 0.926. The number of thioether (sulfide) groups is 1. The van der Waals surface area contributed by atoms with Crippen molar-refractivity contribution in [3.05, 3.63) is 20.9 Å². The third-order valence-corrected chi connectivity index (χ3v) is 8.60. The highest BCUT2D eigenvalue weighted by Crippen LogP contribution is 2.40. The Hall–Kier alpha value is -2.33. The molecule has 3 unspecified atom stereocenters. The number of rotatable bonds is 29. The summed E-state index contributed by atoms with van der Waals surface area (Å²) in [5, 5.41) is 10.3. The monoisotopic (exact) mass is 644 g/mol. The van der Waals surface area contributed by atoms with Gasteiger partial charge >= 0.3 is 0 Å². The second-order valence-electron chi connectivity index (χ2n) is 10.1. The van der Waals surface area contributed by atoms with Crippen molar-refractivity contribution in [1.29, 1.82) is 0 Å². The summed E-state index contributed by atoms with van der Waals surface area (Å²) in [6.45, 7) is 6.33. The van der Waals surface area contributed by atoms with Crippen LogP contribution in [0.2, 0.25) is 0 Å². The number of unbranched alkanes of at least 4 members (excludes halogenated alkanes) is 1. The third-order valence-electron chi connectivity index (χ3n) is 7.03. The lowest BCUT2D eigenvalue weighted by Crippen LogP contribution is -2.37. The van der Waals surface area contributed by atoms with E-state index in [2.05, 4.69) is 25.4 Å². The minimum Gasteiger partial charge on any atom is -0.379 e. The first-order valence-electron chi connectivity index (χ1n) is 15.3. The largest absolute Gasteiger partial charge is 0.379 e. The first-order chi connectivity index (χ1) is 21.7. The van der Waals surface area contributed by atoms with Gasteiger partial charge in [0, 0.05) is 71.8 Å². The summed E-state index contributed by atoms with van der Waals surface area (Å²) < 4.78 is 32.9. The highest BCUT2D eigenvalue weighted by molar-refractivity contribution is 8.00. The molecule has 2 rings (SSSR count). The minimum atomic E-state index is 0.0788. The molecule has 250 valence electrons. The van der Waals surface area contributed by atoms with Crippen molar-refractivity contribution in [2.45, 2.75) is 43.4 Å². The smallest absolute Gasteiger partial charge is 0.222 e. The molecule has 0 aromatic carbocycles. The number of carbonyl (C=O) groups excluding carboxylic acids is 2. The molecule has 16 nitrogen and oxygen atoms in total. The van der Waals surface area contributed by atoms with Crippen molar-refractivity contribution in [2.75, 3.05) is 111 Å². The number of nitrogens with zero attached hydrogens (tertiary/aromatic N) is 7. The Labute approximate surface area is 263 Å². The molecular formula is C27H48N8O8S. The lowest BCUT2D eigenvalue weighted by atomic mass is 9.94. The van der Waals surface area contributed by atoms with Gasteiger partial charge in [0.25, 0.3) is 0 Å². The van der Waals surface area contributed by atoms with Crippen LogP contribution in [0.15, 0.2) is 10.2 Å². The van der Waals surface area contributed by atoms with Crippen LogP contribution in [0, 0.1) is 5.92 Å². The van der Waals surface area contributed by atoms with Gasteiger partial charge in [-0.2, -0.15) is 11.8 Å². The van der Waals surface area contributed by atoms with Gasteiger partial charge in [-0.3, -0.25) is 9.59 Å². The van der Waals surface area contributed by atoms with Crippen LogP contribution in [0.4, 0.5) is 0 Å². The molecule has 0 radical (unpaired) electrons. The molecule has 0 aliphatic carbocycles. The van der Waals surface area contributed by atoms with E-state index in [0.29, 0.717) is 136 Å². The van der Waals surface area contributed by atoms with Crippen molar-refractivity contribution in [2.24, 2.45) is 16.1 Å². The van der Waals surface area contributed by atoms with Crippen LogP contribution >= 0.6 is 11.8 Å². The molecule has 2 amide bonds. The van der Waals surface area contributed by atoms with Gasteiger partial charge in [-0.15, -0.1) is 0 Å². The number of hydrogen-bond acceptors (Lipinski definition) is 11. The van der Waals surface area contributed by atoms with Crippen molar-refractivity contribution < 1.29 is 38.0 Å². The van der Waals surface area contributed by atoms with Crippen molar-refractivity contribution >= 4 is 23.6 Å². The summed E-state index contributed by atoms with van der Waals surface area (Å²) in [5.74, 6) is 1.66. The van der Waals surface area contributed by atoms with Crippen molar-refractivity contribution in [3.63, 3.8) is 0 Å². The lowest BCUT2D eigenvalue weighted by molar-refractivity contribution is -0.133. The number of nitrogens with one attached hydrogen (secondary N) is 1. The number of hydrogen-bond donors (Lipinski definition) is 1. The van der Waals surface area contributed by atoms with Gasteiger partial charge in [0.05, 0.1) is 79.3 Å². The van der Waals surface area contributed by atoms with Crippen LogP contribution in [-0.4, -0.2) is 139 Å². The Morgan fingerprint density at radius 3 is 1.82 bits per heavy atom. The molecule has 0 spiro atoms. The molecule has 2 aliphatic rings. The molecule has 2 aliphatic heterocycles. The zero-order valence-electron chi connectivity index (χ0n) is 25.6. The minimum absolute atomic E-state index is 0.0788. The van der Waals surface area contributed by atoms with Crippen LogP contribution in [0.5, 0.6) is 0 Å². The van der Waals surface area contributed by atoms with Crippen molar-refractivity contribution in [1.82, 2.24) is 10.2 Å². The Morgan fingerprint density at radius 2 is 1.30 bits per heavy atom. The van der Waals surface area contributed by atoms with E-state index in [1.165, 1.54) is 0 Å². The maximum Gasteiger partial charge on any atom is 0.222 e. The standard InChI is InChI=1S/C27H48N8O8S/c28-33-30-5-9-38-13-17-42-19-15-40-11-7-35(8-12-41-16-20-43-18-14-39-10-6-31-34-29)27(37)4-2-1-3-25-23-21-26(36)32-24(23)22-44-25/h23-25H,1-22H2,(H,32,36). The van der Waals surface area contributed by atoms with E-state index in [1.807, 2.05) is 11.8 Å². The lowest BCUT2D eigenvalue weighted by Gasteiger charge is -2.23. The highest BCUT2D eigenvalue weighted by Gasteiger charge is 2.42. The number of amides is 2. The maximum atomic E-state index is 13.1. The van der Waals surface area contributed by atoms with Gasteiger partial charge < -0.3 is 38.6 Å². The molecule has 0 saturated carbocycles. The Balaban J connectivity index is 1.58. The molecule has 0 aromatic rings. The predicted octanol–water partition coefficient (Wildman–Crippen LogP) is 2.72. The van der Waals surface area contributed by atoms with E-state index in [-0.39, 0.29) is 11.8 Å². The van der Waals surface area contributed by atoms with E-state index in [0.717, 1.165) is 25.0 Å². The van der Waals surface area contributed by atoms with Gasteiger partial charge in [-0.05, 0) is 23.9 Å². The molecule has 2 saturated heterocycles. The molecule has 2 fully saturated rings. The number of carbonyl (C=O) groups is 2. The van der Waals surface area contributed by atoms with E-state index in [1.54, 1.807) is 4.90 Å². The Bertz CT molecular complexity index is 854. The summed E-state index contributed by atoms with van der Waals surface area (Å²) in [6.07, 6.45) is 3.89. The predicted molar refractivity (Wildman–Crippen MR) is 164 cm³/mol. The molecule has 44 heavy (non-hydrogen) atoms. The second-order valence-corrected chi connectivity index (χ2v) is 11.4. The van der Waals surface area contributed by atoms with Gasteiger partial charge in [-0.1, -0.05) is 16.6 Å². The van der Waals surface area contributed by atoms with Crippen LogP contribution in [-0.2, 0) is 38.0 Å². The molecule has 17 heteroatoms. The van der Waals surface area contributed by atoms with Crippen molar-refractivity contribution in [3.8, 4) is 0 Å². The summed E-state index contributed by atoms with van der Waals surface area (Å²) in [6, 6.07) is 0.317. The summed E-state index contributed by atoms with van der Waals surface area (Å²) in [4.78, 5) is 31.9.